The monoisotopic (exact) mass is 494 g/mol. The molecule has 1 aromatic heterocycles. The van der Waals surface area contributed by atoms with Crippen LogP contribution in [0.15, 0.2) is 54.1 Å². The number of hydrogen-bond donors (Lipinski definition) is 1. The minimum atomic E-state index is -1.04. The van der Waals surface area contributed by atoms with Crippen LogP contribution in [-0.2, 0) is 14.3 Å². The second-order valence-electron chi connectivity index (χ2n) is 7.55. The van der Waals surface area contributed by atoms with Crippen LogP contribution in [-0.4, -0.2) is 49.1 Å². The molecule has 1 aliphatic heterocycles. The smallest absolute Gasteiger partial charge is 0.350 e. The van der Waals surface area contributed by atoms with Crippen molar-refractivity contribution in [3.8, 4) is 11.5 Å². The van der Waals surface area contributed by atoms with Gasteiger partial charge in [-0.1, -0.05) is 47.7 Å². The van der Waals surface area contributed by atoms with Crippen LogP contribution in [0.25, 0.3) is 5.76 Å². The Bertz CT molecular complexity index is 1350. The molecule has 9 nitrogen and oxygen atoms in total. The largest absolute Gasteiger partial charge is 0.507 e. The normalized spacial score (nSPS) is 16.9. The Hall–Kier alpha value is -4.18. The highest BCUT2D eigenvalue weighted by atomic mass is 32.1. The second kappa shape index (κ2) is 9.59. The van der Waals surface area contributed by atoms with Gasteiger partial charge in [-0.2, -0.15) is 0 Å². The molecule has 1 N–H and O–H groups in total. The predicted molar refractivity (Wildman–Crippen MR) is 129 cm³/mol. The predicted octanol–water partition coefficient (Wildman–Crippen LogP) is 3.88. The molecule has 10 heteroatoms. The van der Waals surface area contributed by atoms with Crippen molar-refractivity contribution in [1.82, 2.24) is 4.98 Å². The molecule has 1 aliphatic rings. The van der Waals surface area contributed by atoms with Crippen LogP contribution in [0.2, 0.25) is 0 Å². The molecule has 1 saturated heterocycles. The van der Waals surface area contributed by atoms with Crippen LogP contribution < -0.4 is 14.4 Å². The Morgan fingerprint density at radius 2 is 1.71 bits per heavy atom. The van der Waals surface area contributed by atoms with Gasteiger partial charge in [0.2, 0.25) is 0 Å². The average molecular weight is 495 g/mol. The van der Waals surface area contributed by atoms with E-state index in [1.807, 2.05) is 0 Å². The highest BCUT2D eigenvalue weighted by Crippen LogP contribution is 2.45. The minimum absolute atomic E-state index is 0.110. The maximum Gasteiger partial charge on any atom is 0.350 e. The number of rotatable bonds is 6. The van der Waals surface area contributed by atoms with Gasteiger partial charge < -0.3 is 19.3 Å². The molecule has 35 heavy (non-hydrogen) atoms. The van der Waals surface area contributed by atoms with Gasteiger partial charge in [-0.05, 0) is 24.6 Å². The van der Waals surface area contributed by atoms with E-state index >= 15 is 0 Å². The molecule has 1 fully saturated rings. The van der Waals surface area contributed by atoms with Crippen LogP contribution in [0, 0.1) is 6.92 Å². The number of Topliss-reactive ketones (excluding diaryl/α,β-unsaturated/α-hetero) is 1. The molecular formula is C25H22N2O7S. The van der Waals surface area contributed by atoms with Crippen molar-refractivity contribution in [2.45, 2.75) is 13.0 Å². The Balaban J connectivity index is 1.96. The summed E-state index contributed by atoms with van der Waals surface area (Å²) < 4.78 is 15.5. The average Bonchev–Trinajstić information content (AvgIpc) is 3.39. The van der Waals surface area contributed by atoms with E-state index < -0.39 is 23.7 Å². The summed E-state index contributed by atoms with van der Waals surface area (Å²) >= 11 is 0.928. The first-order valence-corrected chi connectivity index (χ1v) is 11.3. The number of carbonyl (C=O) groups excluding carboxylic acids is 3. The molecule has 180 valence electrons. The number of ketones is 1. The summed E-state index contributed by atoms with van der Waals surface area (Å²) in [5.41, 5.74) is 1.10. The van der Waals surface area contributed by atoms with Crippen molar-refractivity contribution in [3.63, 3.8) is 0 Å². The van der Waals surface area contributed by atoms with Gasteiger partial charge in [0.1, 0.15) is 10.6 Å². The van der Waals surface area contributed by atoms with Crippen molar-refractivity contribution in [3.05, 3.63) is 75.8 Å². The summed E-state index contributed by atoms with van der Waals surface area (Å²) in [5, 5.41) is 11.3. The highest BCUT2D eigenvalue weighted by molar-refractivity contribution is 7.17. The fraction of sp³-hybridized carbons (Fsp3) is 0.200. The van der Waals surface area contributed by atoms with E-state index in [0.29, 0.717) is 28.3 Å². The molecule has 0 unspecified atom stereocenters. The van der Waals surface area contributed by atoms with E-state index in [1.165, 1.54) is 26.2 Å². The third-order valence-electron chi connectivity index (χ3n) is 5.58. The van der Waals surface area contributed by atoms with Crippen LogP contribution >= 0.6 is 11.3 Å². The first kappa shape index (κ1) is 24.0. The molecule has 0 spiro atoms. The number of thiazole rings is 1. The van der Waals surface area contributed by atoms with Crippen LogP contribution in [0.1, 0.15) is 32.5 Å². The van der Waals surface area contributed by atoms with E-state index in [9.17, 15) is 19.5 Å². The van der Waals surface area contributed by atoms with Gasteiger partial charge in [0.15, 0.2) is 16.6 Å². The molecule has 2 aromatic carbocycles. The lowest BCUT2D eigenvalue weighted by Gasteiger charge is -2.23. The molecule has 2 heterocycles. The molecule has 0 radical (unpaired) electrons. The summed E-state index contributed by atoms with van der Waals surface area (Å²) in [5.74, 6) is -1.86. The maximum atomic E-state index is 13.3. The molecular weight excluding hydrogens is 472 g/mol. The zero-order valence-electron chi connectivity index (χ0n) is 19.4. The first-order chi connectivity index (χ1) is 16.8. The highest BCUT2D eigenvalue weighted by Gasteiger charge is 2.48. The summed E-state index contributed by atoms with van der Waals surface area (Å²) in [7, 11) is 4.21. The van der Waals surface area contributed by atoms with Crippen molar-refractivity contribution < 1.29 is 33.7 Å². The zero-order valence-corrected chi connectivity index (χ0v) is 20.2. The van der Waals surface area contributed by atoms with Gasteiger partial charge in [-0.25, -0.2) is 9.78 Å². The van der Waals surface area contributed by atoms with E-state index in [2.05, 4.69) is 4.98 Å². The van der Waals surface area contributed by atoms with Gasteiger partial charge in [0.05, 0.1) is 38.6 Å². The van der Waals surface area contributed by atoms with Crippen LogP contribution in [0.3, 0.4) is 0 Å². The molecule has 0 saturated carbocycles. The Morgan fingerprint density at radius 1 is 1.03 bits per heavy atom. The molecule has 1 atom stereocenters. The van der Waals surface area contributed by atoms with Gasteiger partial charge >= 0.3 is 11.9 Å². The van der Waals surface area contributed by atoms with E-state index in [-0.39, 0.29) is 21.3 Å². The van der Waals surface area contributed by atoms with Gasteiger partial charge in [0, 0.05) is 5.56 Å². The van der Waals surface area contributed by atoms with Crippen molar-refractivity contribution in [1.29, 1.82) is 0 Å². The number of aliphatic hydroxyl groups is 1. The zero-order chi connectivity index (χ0) is 25.3. The standard InChI is InChI=1S/C25H22N2O7S/c1-13-22(24(31)34-4)35-25(26-13)27-19(15-10-11-16(32-2)17(12-15)33-3)18(21(29)23(27)30)20(28)14-8-6-5-7-9-14/h5-12,19,28H,1-4H3/b20-18+/t19-/m1/s1. The fourth-order valence-corrected chi connectivity index (χ4v) is 4.90. The number of aryl methyl sites for hydroxylation is 1. The van der Waals surface area contributed by atoms with E-state index in [1.54, 1.807) is 55.5 Å². The van der Waals surface area contributed by atoms with Crippen molar-refractivity contribution >= 4 is 39.9 Å². The number of aromatic nitrogens is 1. The van der Waals surface area contributed by atoms with Crippen molar-refractivity contribution in [2.75, 3.05) is 26.2 Å². The quantitative estimate of drug-likeness (QED) is 0.238. The Kier molecular flexibility index (Phi) is 6.57. The SMILES string of the molecule is COC(=O)c1sc(N2C(=O)C(=O)/C(=C(/O)c3ccccc3)[C@H]2c2ccc(OC)c(OC)c2)nc1C. The number of ether oxygens (including phenoxy) is 3. The number of methoxy groups -OCH3 is 3. The second-order valence-corrected chi connectivity index (χ2v) is 8.53. The van der Waals surface area contributed by atoms with Crippen LogP contribution in [0.5, 0.6) is 11.5 Å². The van der Waals surface area contributed by atoms with Gasteiger partial charge in [0.25, 0.3) is 5.78 Å². The molecule has 4 rings (SSSR count). The maximum absolute atomic E-state index is 13.3. The number of benzene rings is 2. The Labute approximate surface area is 205 Å². The lowest BCUT2D eigenvalue weighted by atomic mass is 9.95. The fourth-order valence-electron chi connectivity index (χ4n) is 3.89. The first-order valence-electron chi connectivity index (χ1n) is 10.5. The third kappa shape index (κ3) is 4.12. The van der Waals surface area contributed by atoms with E-state index in [4.69, 9.17) is 14.2 Å². The third-order valence-corrected chi connectivity index (χ3v) is 6.71. The number of hydrogen-bond acceptors (Lipinski definition) is 9. The number of carbonyl (C=O) groups is 3. The number of amides is 1. The number of aliphatic hydroxyl groups excluding tert-OH is 1. The molecule has 3 aromatic rings. The van der Waals surface area contributed by atoms with Crippen molar-refractivity contribution in [2.24, 2.45) is 0 Å². The number of esters is 1. The van der Waals surface area contributed by atoms with Gasteiger partial charge in [-0.15, -0.1) is 0 Å². The van der Waals surface area contributed by atoms with Crippen LogP contribution in [0.4, 0.5) is 5.13 Å². The summed E-state index contributed by atoms with van der Waals surface area (Å²) in [4.78, 5) is 44.5. The number of anilines is 1. The molecule has 0 bridgehead atoms. The lowest BCUT2D eigenvalue weighted by molar-refractivity contribution is -0.132. The molecule has 0 aliphatic carbocycles. The van der Waals surface area contributed by atoms with Gasteiger partial charge in [-0.3, -0.25) is 14.5 Å². The molecule has 1 amide bonds. The summed E-state index contributed by atoms with van der Waals surface area (Å²) in [6.07, 6.45) is 0. The summed E-state index contributed by atoms with van der Waals surface area (Å²) in [6.45, 7) is 1.61. The topological polar surface area (TPSA) is 115 Å². The minimum Gasteiger partial charge on any atom is -0.507 e. The lowest BCUT2D eigenvalue weighted by Crippen LogP contribution is -2.29. The summed E-state index contributed by atoms with van der Waals surface area (Å²) in [6, 6.07) is 12.4. The van der Waals surface area contributed by atoms with E-state index in [0.717, 1.165) is 11.3 Å². The Morgan fingerprint density at radius 3 is 2.34 bits per heavy atom. The number of nitrogens with zero attached hydrogens (tertiary/aromatic N) is 2.